The van der Waals surface area contributed by atoms with Crippen LogP contribution in [0.3, 0.4) is 0 Å². The molecule has 2 aromatic rings. The number of nitrogens with two attached hydrogens (primary N) is 1. The molecule has 0 atom stereocenters. The molecule has 5 nitrogen and oxygen atoms in total. The predicted octanol–water partition coefficient (Wildman–Crippen LogP) is 2.47. The van der Waals surface area contributed by atoms with Crippen molar-refractivity contribution in [2.24, 2.45) is 0 Å². The van der Waals surface area contributed by atoms with Crippen molar-refractivity contribution in [2.45, 2.75) is 26.6 Å². The minimum Gasteiger partial charge on any atom is -0.449 e. The summed E-state index contributed by atoms with van der Waals surface area (Å²) in [5.74, 6) is 1.44. The van der Waals surface area contributed by atoms with Gasteiger partial charge in [-0.1, -0.05) is 0 Å². The Morgan fingerprint density at radius 1 is 1.17 bits per heavy atom. The zero-order valence-electron chi connectivity index (χ0n) is 10.6. The fraction of sp³-hybridized carbons (Fsp3) is 0.308. The van der Waals surface area contributed by atoms with Gasteiger partial charge in [0.05, 0.1) is 6.20 Å². The van der Waals surface area contributed by atoms with E-state index >= 15 is 0 Å². The van der Waals surface area contributed by atoms with E-state index in [1.807, 2.05) is 32.9 Å². The summed E-state index contributed by atoms with van der Waals surface area (Å²) in [6.07, 6.45) is 1.71. The maximum absolute atomic E-state index is 5.85. The maximum atomic E-state index is 5.85. The predicted molar refractivity (Wildman–Crippen MR) is 68.5 cm³/mol. The average Bonchev–Trinajstić information content (AvgIpc) is 2.79. The third-order valence-corrected chi connectivity index (χ3v) is 2.96. The Labute approximate surface area is 105 Å². The number of ether oxygens (including phenoxy) is 2. The van der Waals surface area contributed by atoms with Crippen molar-refractivity contribution in [3.05, 3.63) is 23.9 Å². The molecule has 94 valence electrons. The van der Waals surface area contributed by atoms with Gasteiger partial charge in [0.1, 0.15) is 5.82 Å². The minimum atomic E-state index is -0.616. The van der Waals surface area contributed by atoms with Crippen molar-refractivity contribution in [3.63, 3.8) is 0 Å². The summed E-state index contributed by atoms with van der Waals surface area (Å²) in [5, 5.41) is 6.67. The number of anilines is 1. The summed E-state index contributed by atoms with van der Waals surface area (Å²) >= 11 is 0. The molecule has 0 saturated heterocycles. The van der Waals surface area contributed by atoms with E-state index in [2.05, 4.69) is 10.2 Å². The van der Waals surface area contributed by atoms with Crippen molar-refractivity contribution in [1.82, 2.24) is 10.2 Å². The molecule has 0 bridgehead atoms. The van der Waals surface area contributed by atoms with Gasteiger partial charge in [-0.25, -0.2) is 0 Å². The van der Waals surface area contributed by atoms with Crippen molar-refractivity contribution < 1.29 is 9.47 Å². The third kappa shape index (κ3) is 1.59. The molecule has 3 N–H and O–H groups in total. The van der Waals surface area contributed by atoms with Crippen LogP contribution in [0.5, 0.6) is 11.5 Å². The standard InChI is InChI=1S/C13H15N3O2/c1-7-4-10-11(18-13(2,3)17-10)5-8(7)9-6-15-16-12(9)14/h4-6H,1-3H3,(H3,14,15,16). The molecule has 0 saturated carbocycles. The van der Waals surface area contributed by atoms with Crippen LogP contribution in [0.25, 0.3) is 11.1 Å². The molecule has 0 unspecified atom stereocenters. The Hall–Kier alpha value is -2.17. The summed E-state index contributed by atoms with van der Waals surface area (Å²) in [6, 6.07) is 3.91. The van der Waals surface area contributed by atoms with Crippen molar-refractivity contribution >= 4 is 5.82 Å². The van der Waals surface area contributed by atoms with Crippen LogP contribution in [0.15, 0.2) is 18.3 Å². The highest BCUT2D eigenvalue weighted by molar-refractivity contribution is 5.78. The first-order chi connectivity index (χ1) is 8.46. The Kier molecular flexibility index (Phi) is 2.08. The van der Waals surface area contributed by atoms with Crippen LogP contribution >= 0.6 is 0 Å². The van der Waals surface area contributed by atoms with Gasteiger partial charge in [0.15, 0.2) is 11.5 Å². The van der Waals surface area contributed by atoms with Gasteiger partial charge in [0.2, 0.25) is 5.79 Å². The lowest BCUT2D eigenvalue weighted by Crippen LogP contribution is -2.29. The molecule has 0 spiro atoms. The van der Waals surface area contributed by atoms with Gasteiger partial charge in [-0.15, -0.1) is 0 Å². The molecule has 0 fully saturated rings. The van der Waals surface area contributed by atoms with Crippen molar-refractivity contribution in [1.29, 1.82) is 0 Å². The van der Waals surface area contributed by atoms with E-state index in [1.54, 1.807) is 6.20 Å². The second kappa shape index (κ2) is 3.41. The summed E-state index contributed by atoms with van der Waals surface area (Å²) in [6.45, 7) is 5.78. The monoisotopic (exact) mass is 245 g/mol. The van der Waals surface area contributed by atoms with E-state index < -0.39 is 5.79 Å². The molecule has 2 heterocycles. The fourth-order valence-corrected chi connectivity index (χ4v) is 2.17. The molecule has 1 aliphatic rings. The number of fused-ring (bicyclic) bond motifs is 1. The number of hydrogen-bond acceptors (Lipinski definition) is 4. The Morgan fingerprint density at radius 2 is 1.83 bits per heavy atom. The van der Waals surface area contributed by atoms with Crippen LogP contribution in [-0.2, 0) is 0 Å². The van der Waals surface area contributed by atoms with Gasteiger partial charge in [-0.2, -0.15) is 5.10 Å². The number of nitrogens with one attached hydrogen (secondary N) is 1. The Morgan fingerprint density at radius 3 is 2.44 bits per heavy atom. The number of nitrogens with zero attached hydrogens (tertiary/aromatic N) is 1. The number of aryl methyl sites for hydroxylation is 1. The number of benzene rings is 1. The lowest BCUT2D eigenvalue weighted by molar-refractivity contribution is -0.0431. The smallest absolute Gasteiger partial charge is 0.246 e. The number of aromatic amines is 1. The molecular weight excluding hydrogens is 230 g/mol. The molecule has 0 amide bonds. The fourth-order valence-electron chi connectivity index (χ4n) is 2.17. The normalized spacial score (nSPS) is 15.9. The second-order valence-corrected chi connectivity index (χ2v) is 4.92. The molecular formula is C13H15N3O2. The van der Waals surface area contributed by atoms with E-state index in [1.165, 1.54) is 0 Å². The molecule has 18 heavy (non-hydrogen) atoms. The summed E-state index contributed by atoms with van der Waals surface area (Å²) < 4.78 is 11.4. The van der Waals surface area contributed by atoms with Gasteiger partial charge in [0.25, 0.3) is 0 Å². The van der Waals surface area contributed by atoms with Crippen molar-refractivity contribution in [3.8, 4) is 22.6 Å². The van der Waals surface area contributed by atoms with Gasteiger partial charge in [-0.05, 0) is 30.2 Å². The van der Waals surface area contributed by atoms with Crippen molar-refractivity contribution in [2.75, 3.05) is 5.73 Å². The summed E-state index contributed by atoms with van der Waals surface area (Å²) in [7, 11) is 0. The average molecular weight is 245 g/mol. The summed E-state index contributed by atoms with van der Waals surface area (Å²) in [5.41, 5.74) is 8.80. The van der Waals surface area contributed by atoms with Gasteiger partial charge < -0.3 is 15.2 Å². The number of H-pyrrole nitrogens is 1. The van der Waals surface area contributed by atoms with Gasteiger partial charge in [-0.3, -0.25) is 5.10 Å². The van der Waals surface area contributed by atoms with Gasteiger partial charge >= 0.3 is 0 Å². The molecule has 1 aromatic heterocycles. The molecule has 1 aromatic carbocycles. The maximum Gasteiger partial charge on any atom is 0.246 e. The van der Waals surface area contributed by atoms with Crippen LogP contribution < -0.4 is 15.2 Å². The first-order valence-corrected chi connectivity index (χ1v) is 5.78. The quantitative estimate of drug-likeness (QED) is 0.809. The number of rotatable bonds is 1. The van der Waals surface area contributed by atoms with Crippen LogP contribution in [0.1, 0.15) is 19.4 Å². The molecule has 1 aliphatic heterocycles. The molecule has 0 radical (unpaired) electrons. The highest BCUT2D eigenvalue weighted by atomic mass is 16.7. The third-order valence-electron chi connectivity index (χ3n) is 2.96. The molecule has 0 aliphatic carbocycles. The molecule has 3 rings (SSSR count). The van der Waals surface area contributed by atoms with Crippen LogP contribution in [-0.4, -0.2) is 16.0 Å². The van der Waals surface area contributed by atoms with E-state index in [4.69, 9.17) is 15.2 Å². The van der Waals surface area contributed by atoms with Crippen LogP contribution in [0, 0.1) is 6.92 Å². The topological polar surface area (TPSA) is 73.2 Å². The molecule has 5 heteroatoms. The van der Waals surface area contributed by atoms with Crippen LogP contribution in [0.2, 0.25) is 0 Å². The lowest BCUT2D eigenvalue weighted by Gasteiger charge is -2.16. The van der Waals surface area contributed by atoms with Crippen LogP contribution in [0.4, 0.5) is 5.82 Å². The first kappa shape index (κ1) is 11.0. The minimum absolute atomic E-state index is 0.552. The zero-order chi connectivity index (χ0) is 12.9. The second-order valence-electron chi connectivity index (χ2n) is 4.92. The highest BCUT2D eigenvalue weighted by Crippen LogP contribution is 2.43. The summed E-state index contributed by atoms with van der Waals surface area (Å²) in [4.78, 5) is 0. The number of hydrogen-bond donors (Lipinski definition) is 2. The van der Waals surface area contributed by atoms with Gasteiger partial charge in [0, 0.05) is 19.4 Å². The number of nitrogen functional groups attached to an aromatic ring is 1. The van der Waals surface area contributed by atoms with E-state index in [9.17, 15) is 0 Å². The Balaban J connectivity index is 2.13. The zero-order valence-corrected chi connectivity index (χ0v) is 10.6. The number of aromatic nitrogens is 2. The highest BCUT2D eigenvalue weighted by Gasteiger charge is 2.32. The SMILES string of the molecule is Cc1cc2c(cc1-c1cn[nH]c1N)OC(C)(C)O2. The van der Waals surface area contributed by atoms with E-state index in [-0.39, 0.29) is 0 Å². The first-order valence-electron chi connectivity index (χ1n) is 5.78. The van der Waals surface area contributed by atoms with E-state index in [0.717, 1.165) is 28.2 Å². The Bertz CT molecular complexity index is 617. The largest absolute Gasteiger partial charge is 0.449 e. The lowest BCUT2D eigenvalue weighted by atomic mass is 10.0. The van der Waals surface area contributed by atoms with E-state index in [0.29, 0.717) is 5.82 Å².